The molecule has 252 valence electrons. The van der Waals surface area contributed by atoms with Crippen molar-refractivity contribution in [2.24, 2.45) is 0 Å². The third kappa shape index (κ3) is 5.09. The van der Waals surface area contributed by atoms with Crippen LogP contribution in [-0.4, -0.2) is 15.0 Å². The van der Waals surface area contributed by atoms with Crippen molar-refractivity contribution < 1.29 is 4.42 Å². The zero-order chi connectivity index (χ0) is 35.6. The molecule has 0 amide bonds. The lowest BCUT2D eigenvalue weighted by molar-refractivity contribution is 0.669. The first-order valence-electron chi connectivity index (χ1n) is 18.0. The summed E-state index contributed by atoms with van der Waals surface area (Å²) in [6.07, 6.45) is 0. The van der Waals surface area contributed by atoms with Crippen molar-refractivity contribution >= 4 is 64.2 Å². The minimum atomic E-state index is 0.587. The topological polar surface area (TPSA) is 51.8 Å². The summed E-state index contributed by atoms with van der Waals surface area (Å²) in [5.41, 5.74) is 8.91. The highest BCUT2D eigenvalue weighted by molar-refractivity contribution is 7.26. The Morgan fingerprint density at radius 2 is 0.981 bits per heavy atom. The first-order valence-corrected chi connectivity index (χ1v) is 18.8. The molecule has 5 heteroatoms. The molecule has 0 fully saturated rings. The third-order valence-electron chi connectivity index (χ3n) is 10.3. The van der Waals surface area contributed by atoms with E-state index in [1.165, 1.54) is 25.7 Å². The number of nitrogens with zero attached hydrogens (tertiary/aromatic N) is 3. The highest BCUT2D eigenvalue weighted by Gasteiger charge is 2.18. The normalized spacial score (nSPS) is 11.7. The highest BCUT2D eigenvalue weighted by Crippen LogP contribution is 2.42. The van der Waals surface area contributed by atoms with Gasteiger partial charge in [0, 0.05) is 47.6 Å². The fraction of sp³-hybridized carbons (Fsp3) is 0. The Bertz CT molecular complexity index is 3230. The molecule has 3 heterocycles. The summed E-state index contributed by atoms with van der Waals surface area (Å²) in [5, 5.41) is 6.92. The van der Waals surface area contributed by atoms with Gasteiger partial charge in [0.1, 0.15) is 11.2 Å². The molecular weight excluding hydrogens is 679 g/mol. The SMILES string of the molecule is c1ccc(-c2cc(-c3nc(-c4ccc5c(c4)oc4ccccc45)nc(-c4cccc5ccccc45)n3)cc(-c3cccc4c3sc3ccccc34)c2)cc1. The van der Waals surface area contributed by atoms with E-state index >= 15 is 0 Å². The molecular formula is C49H29N3OS. The van der Waals surface area contributed by atoms with Crippen LogP contribution in [0.1, 0.15) is 0 Å². The molecule has 8 aromatic carbocycles. The lowest BCUT2D eigenvalue weighted by Gasteiger charge is -2.13. The van der Waals surface area contributed by atoms with Crippen LogP contribution in [0.2, 0.25) is 0 Å². The van der Waals surface area contributed by atoms with Gasteiger partial charge >= 0.3 is 0 Å². The average Bonchev–Trinajstić information content (AvgIpc) is 3.82. The first kappa shape index (κ1) is 30.7. The standard InChI is InChI=1S/C49H29N3OS/c1-2-12-30(13-3-1)33-26-34(37-19-11-20-41-40-18-7-9-23-45(40)54-46(37)41)28-35(27-33)48-50-47(32-24-25-39-38-17-6-8-22-43(38)53-44(39)29-32)51-49(52-48)42-21-10-15-31-14-4-5-16-36(31)42/h1-29H. The summed E-state index contributed by atoms with van der Waals surface area (Å²) >= 11 is 1.84. The van der Waals surface area contributed by atoms with Gasteiger partial charge in [0.2, 0.25) is 0 Å². The first-order chi connectivity index (χ1) is 26.7. The zero-order valence-corrected chi connectivity index (χ0v) is 29.7. The van der Waals surface area contributed by atoms with Gasteiger partial charge in [-0.25, -0.2) is 15.0 Å². The summed E-state index contributed by atoms with van der Waals surface area (Å²) in [6.45, 7) is 0. The van der Waals surface area contributed by atoms with Gasteiger partial charge in [-0.2, -0.15) is 0 Å². The van der Waals surface area contributed by atoms with Crippen molar-refractivity contribution in [3.63, 3.8) is 0 Å². The van der Waals surface area contributed by atoms with Crippen LogP contribution in [0.25, 0.3) is 109 Å². The Kier molecular flexibility index (Phi) is 7.00. The number of rotatable bonds is 5. The van der Waals surface area contributed by atoms with Crippen molar-refractivity contribution in [1.29, 1.82) is 0 Å². The molecule has 0 aliphatic rings. The number of furan rings is 1. The van der Waals surface area contributed by atoms with Crippen LogP contribution in [0.15, 0.2) is 180 Å². The molecule has 0 aliphatic carbocycles. The molecule has 4 nitrogen and oxygen atoms in total. The zero-order valence-electron chi connectivity index (χ0n) is 28.9. The molecule has 0 atom stereocenters. The van der Waals surface area contributed by atoms with E-state index in [0.717, 1.165) is 66.1 Å². The number of aromatic nitrogens is 3. The van der Waals surface area contributed by atoms with Gasteiger partial charge in [0.25, 0.3) is 0 Å². The predicted molar refractivity (Wildman–Crippen MR) is 225 cm³/mol. The Balaban J connectivity index is 1.17. The molecule has 0 aliphatic heterocycles. The third-order valence-corrected chi connectivity index (χ3v) is 11.5. The van der Waals surface area contributed by atoms with Gasteiger partial charge in [-0.05, 0) is 75.5 Å². The fourth-order valence-electron chi connectivity index (χ4n) is 7.72. The van der Waals surface area contributed by atoms with Crippen molar-refractivity contribution in [3.8, 4) is 56.4 Å². The van der Waals surface area contributed by atoms with Gasteiger partial charge in [0.15, 0.2) is 17.5 Å². The molecule has 54 heavy (non-hydrogen) atoms. The van der Waals surface area contributed by atoms with Crippen LogP contribution in [0, 0.1) is 0 Å². The minimum absolute atomic E-state index is 0.587. The smallest absolute Gasteiger partial charge is 0.164 e. The number of fused-ring (bicyclic) bond motifs is 7. The number of para-hydroxylation sites is 1. The minimum Gasteiger partial charge on any atom is -0.456 e. The van der Waals surface area contributed by atoms with E-state index in [2.05, 4.69) is 158 Å². The highest BCUT2D eigenvalue weighted by atomic mass is 32.1. The van der Waals surface area contributed by atoms with Crippen molar-refractivity contribution in [2.75, 3.05) is 0 Å². The van der Waals surface area contributed by atoms with Crippen LogP contribution in [0.4, 0.5) is 0 Å². The summed E-state index contributed by atoms with van der Waals surface area (Å²) < 4.78 is 8.86. The van der Waals surface area contributed by atoms with Crippen molar-refractivity contribution in [3.05, 3.63) is 176 Å². The van der Waals surface area contributed by atoms with Gasteiger partial charge < -0.3 is 4.42 Å². The van der Waals surface area contributed by atoms with E-state index < -0.39 is 0 Å². The maximum absolute atomic E-state index is 6.32. The van der Waals surface area contributed by atoms with Gasteiger partial charge in [-0.15, -0.1) is 11.3 Å². The number of benzene rings is 8. The molecule has 0 saturated heterocycles. The summed E-state index contributed by atoms with van der Waals surface area (Å²) in [7, 11) is 0. The second-order valence-corrected chi connectivity index (χ2v) is 14.6. The molecule has 11 aromatic rings. The van der Waals surface area contributed by atoms with Crippen LogP contribution in [0.5, 0.6) is 0 Å². The van der Waals surface area contributed by atoms with Crippen molar-refractivity contribution in [2.45, 2.75) is 0 Å². The molecule has 11 rings (SSSR count). The van der Waals surface area contributed by atoms with E-state index in [1.54, 1.807) is 0 Å². The number of hydrogen-bond acceptors (Lipinski definition) is 5. The van der Waals surface area contributed by atoms with Crippen LogP contribution in [0.3, 0.4) is 0 Å². The molecule has 0 radical (unpaired) electrons. The Hall–Kier alpha value is -6.95. The van der Waals surface area contributed by atoms with E-state index in [9.17, 15) is 0 Å². The second kappa shape index (κ2) is 12.3. The Morgan fingerprint density at radius 3 is 1.89 bits per heavy atom. The van der Waals surface area contributed by atoms with Crippen molar-refractivity contribution in [1.82, 2.24) is 15.0 Å². The maximum Gasteiger partial charge on any atom is 0.164 e. The lowest BCUT2D eigenvalue weighted by atomic mass is 9.95. The number of thiophene rings is 1. The molecule has 0 saturated carbocycles. The largest absolute Gasteiger partial charge is 0.456 e. The number of hydrogen-bond donors (Lipinski definition) is 0. The van der Waals surface area contributed by atoms with E-state index in [-0.39, 0.29) is 0 Å². The van der Waals surface area contributed by atoms with E-state index in [1.807, 2.05) is 29.5 Å². The Morgan fingerprint density at radius 1 is 0.352 bits per heavy atom. The van der Waals surface area contributed by atoms with Gasteiger partial charge in [-0.3, -0.25) is 0 Å². The quantitative estimate of drug-likeness (QED) is 0.179. The summed E-state index contributed by atoms with van der Waals surface area (Å²) in [4.78, 5) is 15.7. The van der Waals surface area contributed by atoms with Gasteiger partial charge in [0.05, 0.1) is 0 Å². The monoisotopic (exact) mass is 707 g/mol. The molecule has 0 bridgehead atoms. The van der Waals surface area contributed by atoms with Crippen LogP contribution >= 0.6 is 11.3 Å². The van der Waals surface area contributed by atoms with E-state index in [4.69, 9.17) is 19.4 Å². The second-order valence-electron chi connectivity index (χ2n) is 13.6. The predicted octanol–water partition coefficient (Wildman–Crippen LogP) is 13.6. The van der Waals surface area contributed by atoms with E-state index in [0.29, 0.717) is 17.5 Å². The average molecular weight is 708 g/mol. The lowest BCUT2D eigenvalue weighted by Crippen LogP contribution is -2.01. The maximum atomic E-state index is 6.32. The summed E-state index contributed by atoms with van der Waals surface area (Å²) in [6, 6.07) is 61.6. The molecule has 0 spiro atoms. The summed E-state index contributed by atoms with van der Waals surface area (Å²) in [5.74, 6) is 1.81. The fourth-order valence-corrected chi connectivity index (χ4v) is 8.96. The molecule has 0 N–H and O–H groups in total. The molecule has 0 unspecified atom stereocenters. The van der Waals surface area contributed by atoms with Gasteiger partial charge in [-0.1, -0.05) is 133 Å². The Labute approximate surface area is 314 Å². The van der Waals surface area contributed by atoms with Crippen LogP contribution in [-0.2, 0) is 0 Å². The molecule has 3 aromatic heterocycles. The van der Waals surface area contributed by atoms with Crippen LogP contribution < -0.4 is 0 Å².